The van der Waals surface area contributed by atoms with Crippen molar-refractivity contribution in [2.45, 2.75) is 31.8 Å². The molecule has 1 aromatic rings. The number of rotatable bonds is 7. The summed E-state index contributed by atoms with van der Waals surface area (Å²) in [6, 6.07) is 5.78. The van der Waals surface area contributed by atoms with Crippen molar-refractivity contribution in [3.05, 3.63) is 42.2 Å². The zero-order valence-corrected chi connectivity index (χ0v) is 9.92. The van der Waals surface area contributed by atoms with Gasteiger partial charge in [-0.25, -0.2) is 4.39 Å². The molecule has 0 spiro atoms. The lowest BCUT2D eigenvalue weighted by Gasteiger charge is -2.08. The number of hydrogen-bond donors (Lipinski definition) is 1. The van der Waals surface area contributed by atoms with E-state index in [1.54, 1.807) is 18.2 Å². The molecule has 1 aliphatic rings. The van der Waals surface area contributed by atoms with Crippen LogP contribution in [0.3, 0.4) is 0 Å². The summed E-state index contributed by atoms with van der Waals surface area (Å²) < 4.78 is 18.9. The molecule has 92 valence electrons. The van der Waals surface area contributed by atoms with E-state index in [0.29, 0.717) is 18.4 Å². The van der Waals surface area contributed by atoms with Crippen LogP contribution in [0.1, 0.15) is 24.8 Å². The first kappa shape index (κ1) is 12.1. The molecule has 1 saturated carbocycles. The predicted octanol–water partition coefficient (Wildman–Crippen LogP) is 3.03. The summed E-state index contributed by atoms with van der Waals surface area (Å²) in [6.07, 6.45) is 4.96. The first-order valence-corrected chi connectivity index (χ1v) is 6.05. The molecule has 1 aromatic carbocycles. The zero-order chi connectivity index (χ0) is 12.1. The highest BCUT2D eigenvalue weighted by Crippen LogP contribution is 2.21. The molecule has 3 heteroatoms. The van der Waals surface area contributed by atoms with E-state index in [-0.39, 0.29) is 5.82 Å². The average molecular weight is 235 g/mol. The monoisotopic (exact) mass is 235 g/mol. The van der Waals surface area contributed by atoms with E-state index in [1.807, 2.05) is 6.07 Å². The van der Waals surface area contributed by atoms with E-state index >= 15 is 0 Å². The number of hydrogen-bond acceptors (Lipinski definition) is 2. The van der Waals surface area contributed by atoms with Gasteiger partial charge in [0.2, 0.25) is 0 Å². The normalized spacial score (nSPS) is 14.6. The minimum Gasteiger partial charge on any atom is -0.490 e. The molecule has 0 amide bonds. The number of nitrogens with one attached hydrogen (secondary N) is 1. The molecule has 0 aliphatic heterocycles. The van der Waals surface area contributed by atoms with Gasteiger partial charge in [0.05, 0.1) is 6.61 Å². The molecule has 0 saturated heterocycles. The first-order valence-electron chi connectivity index (χ1n) is 6.05. The summed E-state index contributed by atoms with van der Waals surface area (Å²) in [4.78, 5) is 0. The number of halogens is 1. The van der Waals surface area contributed by atoms with Crippen LogP contribution in [0, 0.1) is 5.82 Å². The third kappa shape index (κ3) is 3.86. The van der Waals surface area contributed by atoms with E-state index in [0.717, 1.165) is 18.5 Å². The molecule has 0 aromatic heterocycles. The van der Waals surface area contributed by atoms with Crippen molar-refractivity contribution >= 4 is 0 Å². The quantitative estimate of drug-likeness (QED) is 0.579. The zero-order valence-electron chi connectivity index (χ0n) is 9.92. The Bertz CT molecular complexity index is 388. The fraction of sp³-hybridized carbons (Fsp3) is 0.429. The van der Waals surface area contributed by atoms with Gasteiger partial charge in [0.15, 0.2) is 11.6 Å². The highest BCUT2D eigenvalue weighted by Gasteiger charge is 2.20. The lowest BCUT2D eigenvalue weighted by Crippen LogP contribution is -2.15. The van der Waals surface area contributed by atoms with E-state index in [1.165, 1.54) is 12.8 Å². The minimum absolute atomic E-state index is 0.288. The van der Waals surface area contributed by atoms with Crippen LogP contribution < -0.4 is 10.1 Å². The van der Waals surface area contributed by atoms with Crippen molar-refractivity contribution in [3.63, 3.8) is 0 Å². The van der Waals surface area contributed by atoms with Gasteiger partial charge in [-0.15, -0.1) is 6.58 Å². The summed E-state index contributed by atoms with van der Waals surface area (Å²) in [5.41, 5.74) is 0.963. The van der Waals surface area contributed by atoms with Crippen LogP contribution in [-0.4, -0.2) is 12.6 Å². The Balaban J connectivity index is 1.87. The van der Waals surface area contributed by atoms with Gasteiger partial charge >= 0.3 is 0 Å². The number of ether oxygens (including phenoxy) is 1. The molecule has 0 bridgehead atoms. The van der Waals surface area contributed by atoms with Crippen LogP contribution in [0.5, 0.6) is 5.75 Å². The lowest BCUT2D eigenvalue weighted by molar-refractivity contribution is 0.308. The van der Waals surface area contributed by atoms with Gasteiger partial charge in [0.1, 0.15) is 0 Å². The maximum absolute atomic E-state index is 13.6. The predicted molar refractivity (Wildman–Crippen MR) is 66.6 cm³/mol. The Labute approximate surface area is 101 Å². The number of benzene rings is 1. The second kappa shape index (κ2) is 5.82. The van der Waals surface area contributed by atoms with Crippen LogP contribution in [0.15, 0.2) is 30.9 Å². The molecule has 1 aliphatic carbocycles. The third-order valence-corrected chi connectivity index (χ3v) is 2.75. The molecule has 0 radical (unpaired) electrons. The molecule has 17 heavy (non-hydrogen) atoms. The molecule has 2 nitrogen and oxygen atoms in total. The summed E-state index contributed by atoms with van der Waals surface area (Å²) in [5.74, 6) is 0.0335. The maximum atomic E-state index is 13.6. The standard InChI is InChI=1S/C14H18FNO/c1-2-3-8-17-14-7-4-11(9-13(14)15)10-16-12-5-6-12/h2,4,7,9,12,16H,1,3,5-6,8,10H2. The Morgan fingerprint density at radius 3 is 2.94 bits per heavy atom. The topological polar surface area (TPSA) is 21.3 Å². The van der Waals surface area contributed by atoms with Crippen molar-refractivity contribution < 1.29 is 9.13 Å². The van der Waals surface area contributed by atoms with Gasteiger partial charge in [0.25, 0.3) is 0 Å². The lowest BCUT2D eigenvalue weighted by atomic mass is 10.2. The Morgan fingerprint density at radius 2 is 2.29 bits per heavy atom. The molecule has 0 unspecified atom stereocenters. The van der Waals surface area contributed by atoms with Crippen LogP contribution in [-0.2, 0) is 6.54 Å². The summed E-state index contributed by atoms with van der Waals surface area (Å²) in [6.45, 7) is 4.80. The van der Waals surface area contributed by atoms with E-state index in [4.69, 9.17) is 4.74 Å². The minimum atomic E-state index is -0.288. The summed E-state index contributed by atoms with van der Waals surface area (Å²) >= 11 is 0. The average Bonchev–Trinajstić information content (AvgIpc) is 3.13. The summed E-state index contributed by atoms with van der Waals surface area (Å²) in [7, 11) is 0. The van der Waals surface area contributed by atoms with Gasteiger partial charge in [-0.2, -0.15) is 0 Å². The Morgan fingerprint density at radius 1 is 1.47 bits per heavy atom. The Kier molecular flexibility index (Phi) is 4.15. The molecule has 0 heterocycles. The van der Waals surface area contributed by atoms with Crippen molar-refractivity contribution in [2.24, 2.45) is 0 Å². The van der Waals surface area contributed by atoms with Gasteiger partial charge in [-0.3, -0.25) is 0 Å². The fourth-order valence-electron chi connectivity index (χ4n) is 1.57. The largest absolute Gasteiger partial charge is 0.490 e. The molecular formula is C14H18FNO. The highest BCUT2D eigenvalue weighted by atomic mass is 19.1. The van der Waals surface area contributed by atoms with E-state index < -0.39 is 0 Å². The van der Waals surface area contributed by atoms with Gasteiger partial charge in [-0.05, 0) is 37.0 Å². The molecule has 1 N–H and O–H groups in total. The molecule has 1 fully saturated rings. The first-order chi connectivity index (χ1) is 8.29. The smallest absolute Gasteiger partial charge is 0.165 e. The molecule has 0 atom stereocenters. The molecular weight excluding hydrogens is 217 g/mol. The van der Waals surface area contributed by atoms with Crippen molar-refractivity contribution in [2.75, 3.05) is 6.61 Å². The maximum Gasteiger partial charge on any atom is 0.165 e. The summed E-state index contributed by atoms with van der Waals surface area (Å²) in [5, 5.41) is 3.35. The fourth-order valence-corrected chi connectivity index (χ4v) is 1.57. The van der Waals surface area contributed by atoms with Crippen molar-refractivity contribution in [3.8, 4) is 5.75 Å². The SMILES string of the molecule is C=CCCOc1ccc(CNC2CC2)cc1F. The van der Waals surface area contributed by atoms with Crippen LogP contribution in [0.25, 0.3) is 0 Å². The molecule has 2 rings (SSSR count). The third-order valence-electron chi connectivity index (χ3n) is 2.75. The van der Waals surface area contributed by atoms with Gasteiger partial charge in [-0.1, -0.05) is 12.1 Å². The van der Waals surface area contributed by atoms with Crippen LogP contribution >= 0.6 is 0 Å². The van der Waals surface area contributed by atoms with Crippen LogP contribution in [0.4, 0.5) is 4.39 Å². The van der Waals surface area contributed by atoms with Crippen LogP contribution in [0.2, 0.25) is 0 Å². The van der Waals surface area contributed by atoms with E-state index in [9.17, 15) is 4.39 Å². The van der Waals surface area contributed by atoms with Gasteiger partial charge in [0, 0.05) is 12.6 Å². The van der Waals surface area contributed by atoms with Crippen molar-refractivity contribution in [1.82, 2.24) is 5.32 Å². The second-order valence-electron chi connectivity index (χ2n) is 4.35. The second-order valence-corrected chi connectivity index (χ2v) is 4.35. The highest BCUT2D eigenvalue weighted by molar-refractivity contribution is 5.29. The van der Waals surface area contributed by atoms with Crippen molar-refractivity contribution in [1.29, 1.82) is 0 Å². The van der Waals surface area contributed by atoms with Gasteiger partial charge < -0.3 is 10.1 Å². The Hall–Kier alpha value is -1.35. The van der Waals surface area contributed by atoms with E-state index in [2.05, 4.69) is 11.9 Å².